The minimum absolute atomic E-state index is 0.0388. The molecular weight excluding hydrogens is 269 g/mol. The van der Waals surface area contributed by atoms with Gasteiger partial charge in [0.05, 0.1) is 5.56 Å². The van der Waals surface area contributed by atoms with Crippen LogP contribution in [0.1, 0.15) is 24.2 Å². The number of nitrogens with zero attached hydrogens (tertiary/aromatic N) is 1. The first-order valence-corrected chi connectivity index (χ1v) is 6.37. The summed E-state index contributed by atoms with van der Waals surface area (Å²) in [6.07, 6.45) is -4.40. The Balaban J connectivity index is 3.03. The van der Waals surface area contributed by atoms with Gasteiger partial charge >= 0.3 is 6.18 Å². The Kier molecular flexibility index (Phi) is 5.42. The van der Waals surface area contributed by atoms with E-state index in [-0.39, 0.29) is 18.0 Å². The monoisotopic (exact) mass is 288 g/mol. The first-order valence-electron chi connectivity index (χ1n) is 6.37. The highest BCUT2D eigenvalue weighted by molar-refractivity contribution is 5.99. The molecule has 0 aliphatic rings. The van der Waals surface area contributed by atoms with Crippen molar-refractivity contribution in [3.8, 4) is 0 Å². The van der Waals surface area contributed by atoms with Gasteiger partial charge in [0.15, 0.2) is 0 Å². The summed E-state index contributed by atoms with van der Waals surface area (Å²) in [5.41, 5.74) is 0.772. The second-order valence-corrected chi connectivity index (χ2v) is 4.99. The molecule has 0 aliphatic heterocycles. The highest BCUT2D eigenvalue weighted by Crippen LogP contribution is 2.22. The van der Waals surface area contributed by atoms with Crippen LogP contribution >= 0.6 is 0 Å². The average Bonchev–Trinajstić information content (AvgIpc) is 2.35. The van der Waals surface area contributed by atoms with E-state index in [1.165, 1.54) is 6.07 Å². The molecule has 0 aliphatic carbocycles. The van der Waals surface area contributed by atoms with E-state index < -0.39 is 18.6 Å². The van der Waals surface area contributed by atoms with Gasteiger partial charge in [-0.05, 0) is 18.1 Å². The lowest BCUT2D eigenvalue weighted by Crippen LogP contribution is -2.41. The quantitative estimate of drug-likeness (QED) is 0.900. The van der Waals surface area contributed by atoms with Crippen LogP contribution in [-0.4, -0.2) is 37.1 Å². The van der Waals surface area contributed by atoms with Crippen LogP contribution in [-0.2, 0) is 0 Å². The molecule has 6 heteroatoms. The summed E-state index contributed by atoms with van der Waals surface area (Å²) in [7, 11) is 1.63. The number of benzene rings is 1. The van der Waals surface area contributed by atoms with Crippen LogP contribution in [0.25, 0.3) is 0 Å². The number of rotatable bonds is 5. The Hall–Kier alpha value is -1.72. The van der Waals surface area contributed by atoms with E-state index in [0.29, 0.717) is 5.69 Å². The summed E-state index contributed by atoms with van der Waals surface area (Å²) in [6, 6.07) is 6.54. The lowest BCUT2D eigenvalue weighted by atomic mass is 10.1. The summed E-state index contributed by atoms with van der Waals surface area (Å²) in [4.78, 5) is 13.2. The molecule has 0 fully saturated rings. The smallest absolute Gasteiger partial charge is 0.387 e. The molecule has 3 nitrogen and oxygen atoms in total. The van der Waals surface area contributed by atoms with Crippen LogP contribution < -0.4 is 5.32 Å². The van der Waals surface area contributed by atoms with Crippen molar-refractivity contribution in [1.82, 2.24) is 4.90 Å². The minimum atomic E-state index is -4.40. The van der Waals surface area contributed by atoms with Crippen LogP contribution in [0.3, 0.4) is 0 Å². The zero-order chi connectivity index (χ0) is 15.3. The van der Waals surface area contributed by atoms with E-state index in [1.807, 2.05) is 0 Å². The molecule has 1 aromatic rings. The summed E-state index contributed by atoms with van der Waals surface area (Å²) >= 11 is 0. The van der Waals surface area contributed by atoms with Gasteiger partial charge < -0.3 is 10.2 Å². The first-order chi connectivity index (χ1) is 9.24. The minimum Gasteiger partial charge on any atom is -0.387 e. The van der Waals surface area contributed by atoms with Gasteiger partial charge in [0.2, 0.25) is 0 Å². The third kappa shape index (κ3) is 4.75. The lowest BCUT2D eigenvalue weighted by Gasteiger charge is -2.26. The molecule has 1 N–H and O–H groups in total. The molecule has 1 aromatic carbocycles. The molecule has 0 heterocycles. The summed E-state index contributed by atoms with van der Waals surface area (Å²) < 4.78 is 37.8. The van der Waals surface area contributed by atoms with Gasteiger partial charge in [-0.15, -0.1) is 0 Å². The van der Waals surface area contributed by atoms with Crippen molar-refractivity contribution in [2.45, 2.75) is 20.0 Å². The Morgan fingerprint density at radius 1 is 1.30 bits per heavy atom. The van der Waals surface area contributed by atoms with E-state index in [9.17, 15) is 18.0 Å². The second kappa shape index (κ2) is 6.63. The summed E-state index contributed by atoms with van der Waals surface area (Å²) in [5, 5.41) is 2.82. The van der Waals surface area contributed by atoms with E-state index in [1.54, 1.807) is 39.1 Å². The van der Waals surface area contributed by atoms with Gasteiger partial charge in [0.25, 0.3) is 5.91 Å². The number of carbonyl (C=O) groups is 1. The van der Waals surface area contributed by atoms with Crippen LogP contribution in [0.15, 0.2) is 24.3 Å². The van der Waals surface area contributed by atoms with Crippen molar-refractivity contribution < 1.29 is 18.0 Å². The Morgan fingerprint density at radius 2 is 1.90 bits per heavy atom. The third-order valence-corrected chi connectivity index (χ3v) is 2.67. The third-order valence-electron chi connectivity index (χ3n) is 2.67. The van der Waals surface area contributed by atoms with Gasteiger partial charge in [-0.25, -0.2) is 0 Å². The van der Waals surface area contributed by atoms with Crippen molar-refractivity contribution in [2.24, 2.45) is 5.92 Å². The second-order valence-electron chi connectivity index (χ2n) is 4.99. The molecule has 0 radical (unpaired) electrons. The Labute approximate surface area is 116 Å². The van der Waals surface area contributed by atoms with E-state index in [4.69, 9.17) is 0 Å². The van der Waals surface area contributed by atoms with Crippen LogP contribution in [0, 0.1) is 5.92 Å². The molecule has 0 saturated heterocycles. The van der Waals surface area contributed by atoms with Crippen molar-refractivity contribution in [1.29, 1.82) is 0 Å². The molecule has 0 aromatic heterocycles. The Bertz CT molecular complexity index is 458. The molecule has 0 spiro atoms. The summed E-state index contributed by atoms with van der Waals surface area (Å²) in [5.74, 6) is -0.649. The van der Waals surface area contributed by atoms with Crippen molar-refractivity contribution in [3.63, 3.8) is 0 Å². The van der Waals surface area contributed by atoms with Crippen molar-refractivity contribution in [3.05, 3.63) is 29.8 Å². The molecule has 0 atom stereocenters. The molecule has 0 saturated carbocycles. The highest BCUT2D eigenvalue weighted by Gasteiger charge is 2.34. The molecule has 20 heavy (non-hydrogen) atoms. The zero-order valence-electron chi connectivity index (χ0n) is 11.8. The van der Waals surface area contributed by atoms with E-state index in [2.05, 4.69) is 5.32 Å². The predicted octanol–water partition coefficient (Wildman–Crippen LogP) is 3.39. The van der Waals surface area contributed by atoms with Crippen LogP contribution in [0.4, 0.5) is 18.9 Å². The molecular formula is C14H19F3N2O. The number of hydrogen-bond acceptors (Lipinski definition) is 2. The van der Waals surface area contributed by atoms with Crippen molar-refractivity contribution >= 4 is 11.6 Å². The number of hydrogen-bond donors (Lipinski definition) is 1. The normalized spacial score (nSPS) is 11.6. The van der Waals surface area contributed by atoms with E-state index in [0.717, 1.165) is 4.90 Å². The number of anilines is 1. The molecule has 0 unspecified atom stereocenters. The number of nitrogens with one attached hydrogen (secondary N) is 1. The number of halogens is 3. The predicted molar refractivity (Wildman–Crippen MR) is 72.8 cm³/mol. The van der Waals surface area contributed by atoms with Gasteiger partial charge in [-0.3, -0.25) is 4.79 Å². The zero-order valence-corrected chi connectivity index (χ0v) is 11.8. The summed E-state index contributed by atoms with van der Waals surface area (Å²) in [6.45, 7) is 2.39. The topological polar surface area (TPSA) is 32.3 Å². The maximum Gasteiger partial charge on any atom is 0.406 e. The SMILES string of the molecule is CNc1ccccc1C(=O)N(CC(C)C)CC(F)(F)F. The number of para-hydroxylation sites is 1. The lowest BCUT2D eigenvalue weighted by molar-refractivity contribution is -0.141. The first kappa shape index (κ1) is 16.3. The van der Waals surface area contributed by atoms with Crippen molar-refractivity contribution in [2.75, 3.05) is 25.5 Å². The maximum atomic E-state index is 12.6. The largest absolute Gasteiger partial charge is 0.406 e. The molecule has 1 amide bonds. The fraction of sp³-hybridized carbons (Fsp3) is 0.500. The maximum absolute atomic E-state index is 12.6. The fourth-order valence-corrected chi connectivity index (χ4v) is 1.93. The van der Waals surface area contributed by atoms with Gasteiger partial charge in [0.1, 0.15) is 6.54 Å². The standard InChI is InChI=1S/C14H19F3N2O/c1-10(2)8-19(9-14(15,16)17)13(20)11-6-4-5-7-12(11)18-3/h4-7,10,18H,8-9H2,1-3H3. The fourth-order valence-electron chi connectivity index (χ4n) is 1.93. The van der Waals surface area contributed by atoms with Gasteiger partial charge in [-0.1, -0.05) is 26.0 Å². The molecule has 112 valence electrons. The van der Waals surface area contributed by atoms with Crippen LogP contribution in [0.5, 0.6) is 0 Å². The Morgan fingerprint density at radius 3 is 2.40 bits per heavy atom. The van der Waals surface area contributed by atoms with Crippen LogP contribution in [0.2, 0.25) is 0 Å². The van der Waals surface area contributed by atoms with Gasteiger partial charge in [0, 0.05) is 19.3 Å². The average molecular weight is 288 g/mol. The number of alkyl halides is 3. The number of carbonyl (C=O) groups excluding carboxylic acids is 1. The molecule has 1 rings (SSSR count). The number of amides is 1. The molecule has 0 bridgehead atoms. The van der Waals surface area contributed by atoms with E-state index >= 15 is 0 Å². The van der Waals surface area contributed by atoms with Gasteiger partial charge in [-0.2, -0.15) is 13.2 Å². The highest BCUT2D eigenvalue weighted by atomic mass is 19.4.